The lowest BCUT2D eigenvalue weighted by molar-refractivity contribution is -0.137. The van der Waals surface area contributed by atoms with Crippen LogP contribution in [0.3, 0.4) is 0 Å². The first-order valence-electron chi connectivity index (χ1n) is 5.06. The number of nitrogens with zero attached hydrogens (tertiary/aromatic N) is 1. The number of fused-ring (bicyclic) bond motifs is 1. The molecule has 2 rings (SSSR count). The maximum Gasteiger partial charge on any atom is 0.416 e. The number of nitrogen functional groups attached to an aromatic ring is 1. The molecule has 0 fully saturated rings. The number of rotatable bonds is 1. The minimum Gasteiger partial charge on any atom is -0.375 e. The second-order valence-electron chi connectivity index (χ2n) is 4.12. The molecular weight excluding hydrogens is 249 g/mol. The van der Waals surface area contributed by atoms with Crippen LogP contribution in [0.5, 0.6) is 0 Å². The fourth-order valence-electron chi connectivity index (χ4n) is 1.67. The van der Waals surface area contributed by atoms with Gasteiger partial charge >= 0.3 is 6.18 Å². The Morgan fingerprint density at radius 2 is 1.94 bits per heavy atom. The third kappa shape index (κ3) is 2.22. The van der Waals surface area contributed by atoms with Crippen molar-refractivity contribution < 1.29 is 13.2 Å². The zero-order valence-electron chi connectivity index (χ0n) is 9.30. The number of anilines is 1. The zero-order chi connectivity index (χ0) is 12.8. The van der Waals surface area contributed by atoms with Crippen molar-refractivity contribution >= 4 is 26.7 Å². The minimum atomic E-state index is -4.35. The van der Waals surface area contributed by atoms with Gasteiger partial charge < -0.3 is 5.73 Å². The van der Waals surface area contributed by atoms with Crippen molar-refractivity contribution in [2.75, 3.05) is 5.73 Å². The summed E-state index contributed by atoms with van der Waals surface area (Å²) >= 11 is 1.23. The third-order valence-electron chi connectivity index (χ3n) is 2.48. The first-order valence-corrected chi connectivity index (χ1v) is 5.88. The molecule has 0 radical (unpaired) electrons. The van der Waals surface area contributed by atoms with Crippen LogP contribution in [0.25, 0.3) is 10.2 Å². The molecule has 6 heteroatoms. The zero-order valence-corrected chi connectivity index (χ0v) is 10.1. The Labute approximate surface area is 100 Å². The second-order valence-corrected chi connectivity index (χ2v) is 5.15. The lowest BCUT2D eigenvalue weighted by Crippen LogP contribution is -2.06. The van der Waals surface area contributed by atoms with E-state index >= 15 is 0 Å². The van der Waals surface area contributed by atoms with Crippen LogP contribution >= 0.6 is 11.3 Å². The molecular formula is C11H11F3N2S. The summed E-state index contributed by atoms with van der Waals surface area (Å²) in [5.74, 6) is -0.000324. The Bertz CT molecular complexity index is 558. The smallest absolute Gasteiger partial charge is 0.375 e. The number of aromatic nitrogens is 1. The largest absolute Gasteiger partial charge is 0.416 e. The van der Waals surface area contributed by atoms with Crippen LogP contribution in [-0.2, 0) is 6.18 Å². The Morgan fingerprint density at radius 1 is 1.29 bits per heavy atom. The average Bonchev–Trinajstić information content (AvgIpc) is 2.54. The molecule has 1 heterocycles. The lowest BCUT2D eigenvalue weighted by atomic mass is 10.00. The van der Waals surface area contributed by atoms with Crippen LogP contribution in [-0.4, -0.2) is 4.98 Å². The summed E-state index contributed by atoms with van der Waals surface area (Å²) in [5.41, 5.74) is 5.84. The van der Waals surface area contributed by atoms with Crippen molar-refractivity contribution in [2.24, 2.45) is 0 Å². The molecule has 0 bridgehead atoms. The molecule has 0 amide bonds. The van der Waals surface area contributed by atoms with Gasteiger partial charge in [-0.1, -0.05) is 25.2 Å². The van der Waals surface area contributed by atoms with Crippen molar-refractivity contribution in [2.45, 2.75) is 25.9 Å². The van der Waals surface area contributed by atoms with Gasteiger partial charge in [-0.2, -0.15) is 13.2 Å². The molecule has 2 N–H and O–H groups in total. The van der Waals surface area contributed by atoms with Gasteiger partial charge in [0, 0.05) is 0 Å². The van der Waals surface area contributed by atoms with E-state index in [1.54, 1.807) is 0 Å². The molecule has 1 aromatic heterocycles. The van der Waals surface area contributed by atoms with Crippen molar-refractivity contribution in [1.29, 1.82) is 0 Å². The molecule has 0 aliphatic carbocycles. The predicted molar refractivity (Wildman–Crippen MR) is 63.1 cm³/mol. The highest BCUT2D eigenvalue weighted by molar-refractivity contribution is 7.22. The Hall–Kier alpha value is -1.30. The number of thiazole rings is 1. The summed E-state index contributed by atoms with van der Waals surface area (Å²) in [6.07, 6.45) is -4.35. The average molecular weight is 260 g/mol. The van der Waals surface area contributed by atoms with E-state index in [1.807, 2.05) is 13.8 Å². The predicted octanol–water partition coefficient (Wildman–Crippen LogP) is 4.02. The lowest BCUT2D eigenvalue weighted by Gasteiger charge is -2.11. The summed E-state index contributed by atoms with van der Waals surface area (Å²) in [4.78, 5) is 3.93. The van der Waals surface area contributed by atoms with Gasteiger partial charge in [-0.15, -0.1) is 0 Å². The summed E-state index contributed by atoms with van der Waals surface area (Å²) < 4.78 is 38.9. The molecule has 2 nitrogen and oxygen atoms in total. The molecule has 1 aromatic carbocycles. The number of hydrogen-bond donors (Lipinski definition) is 1. The molecule has 92 valence electrons. The third-order valence-corrected chi connectivity index (χ3v) is 3.43. The van der Waals surface area contributed by atoms with E-state index in [2.05, 4.69) is 4.98 Å². The van der Waals surface area contributed by atoms with Gasteiger partial charge in [0.2, 0.25) is 0 Å². The summed E-state index contributed by atoms with van der Waals surface area (Å²) in [6.45, 7) is 3.70. The Balaban J connectivity index is 2.75. The molecule has 0 spiro atoms. The first kappa shape index (κ1) is 12.2. The molecule has 0 unspecified atom stereocenters. The van der Waals surface area contributed by atoms with Gasteiger partial charge in [-0.3, -0.25) is 0 Å². The highest BCUT2D eigenvalue weighted by Gasteiger charge is 2.32. The van der Waals surface area contributed by atoms with Gasteiger partial charge in [0.05, 0.1) is 15.8 Å². The maximum absolute atomic E-state index is 12.7. The number of benzene rings is 1. The molecule has 0 saturated carbocycles. The minimum absolute atomic E-state index is 0.000324. The monoisotopic (exact) mass is 260 g/mol. The van der Waals surface area contributed by atoms with Crippen LogP contribution in [0.4, 0.5) is 18.3 Å². The van der Waals surface area contributed by atoms with Crippen molar-refractivity contribution in [3.63, 3.8) is 0 Å². The van der Waals surface area contributed by atoms with E-state index in [9.17, 15) is 13.2 Å². The number of hydrogen-bond acceptors (Lipinski definition) is 3. The van der Waals surface area contributed by atoms with Gasteiger partial charge in [-0.25, -0.2) is 4.98 Å². The molecule has 0 saturated heterocycles. The molecule has 0 aliphatic rings. The topological polar surface area (TPSA) is 38.9 Å². The summed E-state index contributed by atoms with van der Waals surface area (Å²) in [5, 5.41) is 0.293. The van der Waals surface area contributed by atoms with Crippen LogP contribution in [0.15, 0.2) is 12.1 Å². The molecule has 17 heavy (non-hydrogen) atoms. The normalized spacial score (nSPS) is 12.6. The standard InChI is InChI=1S/C11H11F3N2S/c1-5(2)7-3-6(11(12,13)14)4-8-9(7)17-10(15)16-8/h3-5H,1-2H3,(H2,15,16). The van der Waals surface area contributed by atoms with Gasteiger partial charge in [0.15, 0.2) is 5.13 Å². The summed E-state index contributed by atoms with van der Waals surface area (Å²) in [6, 6.07) is 2.23. The van der Waals surface area contributed by atoms with Crippen molar-refractivity contribution in [3.05, 3.63) is 23.3 Å². The van der Waals surface area contributed by atoms with Crippen LogP contribution in [0.1, 0.15) is 30.9 Å². The van der Waals surface area contributed by atoms with Gasteiger partial charge in [-0.05, 0) is 23.6 Å². The Kier molecular flexibility index (Phi) is 2.77. The number of alkyl halides is 3. The van der Waals surface area contributed by atoms with Crippen molar-refractivity contribution in [1.82, 2.24) is 4.98 Å². The quantitative estimate of drug-likeness (QED) is 0.841. The SMILES string of the molecule is CC(C)c1cc(C(F)(F)F)cc2nc(N)sc12. The van der Waals surface area contributed by atoms with Crippen LogP contribution in [0, 0.1) is 0 Å². The van der Waals surface area contributed by atoms with E-state index in [4.69, 9.17) is 5.73 Å². The molecule has 0 atom stereocenters. The van der Waals surface area contributed by atoms with E-state index in [1.165, 1.54) is 17.4 Å². The fourth-order valence-corrected chi connectivity index (χ4v) is 2.64. The van der Waals surface area contributed by atoms with Gasteiger partial charge in [0.25, 0.3) is 0 Å². The Morgan fingerprint density at radius 3 is 2.47 bits per heavy atom. The maximum atomic E-state index is 12.7. The highest BCUT2D eigenvalue weighted by atomic mass is 32.1. The number of nitrogens with two attached hydrogens (primary N) is 1. The highest BCUT2D eigenvalue weighted by Crippen LogP contribution is 2.38. The first-order chi connectivity index (χ1) is 7.79. The van der Waals surface area contributed by atoms with Crippen LogP contribution in [0.2, 0.25) is 0 Å². The fraction of sp³-hybridized carbons (Fsp3) is 0.364. The van der Waals surface area contributed by atoms with E-state index in [0.29, 0.717) is 16.2 Å². The van der Waals surface area contributed by atoms with E-state index in [-0.39, 0.29) is 5.92 Å². The molecule has 0 aliphatic heterocycles. The van der Waals surface area contributed by atoms with E-state index < -0.39 is 11.7 Å². The second kappa shape index (κ2) is 3.87. The van der Waals surface area contributed by atoms with Gasteiger partial charge in [0.1, 0.15) is 0 Å². The number of halogens is 3. The van der Waals surface area contributed by atoms with Crippen molar-refractivity contribution in [3.8, 4) is 0 Å². The van der Waals surface area contributed by atoms with E-state index in [0.717, 1.165) is 10.8 Å². The summed E-state index contributed by atoms with van der Waals surface area (Å²) in [7, 11) is 0. The van der Waals surface area contributed by atoms with Crippen LogP contribution < -0.4 is 5.73 Å². The molecule has 2 aromatic rings.